The highest BCUT2D eigenvalue weighted by atomic mass is 32.7. The highest BCUT2D eigenvalue weighted by Gasteiger charge is 2.53. The minimum absolute atomic E-state index is 0.151. The molecule has 2 bridgehead atoms. The van der Waals surface area contributed by atoms with Crippen LogP contribution in [-0.2, 0) is 43.1 Å². The molecular formula is C26H33N9O11P2S2. The van der Waals surface area contributed by atoms with Crippen LogP contribution >= 0.6 is 38.1 Å². The van der Waals surface area contributed by atoms with Crippen molar-refractivity contribution in [2.45, 2.75) is 61.9 Å². The molecule has 0 saturated carbocycles. The predicted molar refractivity (Wildman–Crippen MR) is 180 cm³/mol. The molecule has 270 valence electrons. The van der Waals surface area contributed by atoms with Gasteiger partial charge in [0.15, 0.2) is 29.4 Å². The van der Waals surface area contributed by atoms with Crippen LogP contribution in [0.4, 0.5) is 11.6 Å². The number of rotatable bonds is 5. The zero-order valence-electron chi connectivity index (χ0n) is 25.9. The molecule has 0 spiro atoms. The summed E-state index contributed by atoms with van der Waals surface area (Å²) in [7, 11) is 0. The average Bonchev–Trinajstić information content (AvgIpc) is 3.79. The van der Waals surface area contributed by atoms with Gasteiger partial charge < -0.3 is 40.0 Å². The Hall–Kier alpha value is -2.43. The first-order valence-corrected chi connectivity index (χ1v) is 21.0. The zero-order valence-corrected chi connectivity index (χ0v) is 29.5. The summed E-state index contributed by atoms with van der Waals surface area (Å²) >= 11 is 8.34. The van der Waals surface area contributed by atoms with Gasteiger partial charge in [0.1, 0.15) is 60.7 Å². The van der Waals surface area contributed by atoms with Crippen LogP contribution in [0.3, 0.4) is 0 Å². The molecule has 10 atom stereocenters. The fourth-order valence-electron chi connectivity index (χ4n) is 6.62. The van der Waals surface area contributed by atoms with E-state index in [9.17, 15) is 24.4 Å². The molecule has 4 aliphatic rings. The van der Waals surface area contributed by atoms with E-state index in [1.165, 1.54) is 23.5 Å². The van der Waals surface area contributed by atoms with Gasteiger partial charge in [0.05, 0.1) is 31.5 Å². The predicted octanol–water partition coefficient (Wildman–Crippen LogP) is 1.44. The van der Waals surface area contributed by atoms with Gasteiger partial charge in [-0.05, 0) is 18.4 Å². The van der Waals surface area contributed by atoms with E-state index in [0.717, 1.165) is 30.3 Å². The van der Waals surface area contributed by atoms with Crippen molar-refractivity contribution in [2.75, 3.05) is 43.5 Å². The summed E-state index contributed by atoms with van der Waals surface area (Å²) in [5, 5.41) is 39.1. The molecule has 4 aromatic heterocycles. The van der Waals surface area contributed by atoms with Crippen molar-refractivity contribution in [2.24, 2.45) is 0 Å². The molecule has 0 aliphatic carbocycles. The van der Waals surface area contributed by atoms with E-state index in [2.05, 4.69) is 60.1 Å². The number of aliphatic hydroxyl groups excluding tert-OH is 3. The summed E-state index contributed by atoms with van der Waals surface area (Å²) in [6.45, 7) is -8.86. The van der Waals surface area contributed by atoms with E-state index >= 15 is 0 Å². The van der Waals surface area contributed by atoms with Crippen molar-refractivity contribution in [3.05, 3.63) is 30.7 Å². The third-order valence-electron chi connectivity index (χ3n) is 8.85. The number of aliphatic hydroxyl groups is 3. The lowest BCUT2D eigenvalue weighted by molar-refractivity contribution is -0.0574. The molecule has 20 nitrogen and oxygen atoms in total. The van der Waals surface area contributed by atoms with Crippen molar-refractivity contribution >= 4 is 71.9 Å². The van der Waals surface area contributed by atoms with Gasteiger partial charge in [0, 0.05) is 19.3 Å². The van der Waals surface area contributed by atoms with Crippen LogP contribution in [0.1, 0.15) is 24.4 Å². The first-order valence-electron chi connectivity index (χ1n) is 15.6. The molecule has 50 heavy (non-hydrogen) atoms. The number of fused-ring (bicyclic) bond motifs is 4. The van der Waals surface area contributed by atoms with Crippen LogP contribution in [-0.4, -0.2) is 119 Å². The second-order valence-corrected chi connectivity index (χ2v) is 17.7. The molecule has 0 aromatic carbocycles. The molecule has 24 heteroatoms. The van der Waals surface area contributed by atoms with Gasteiger partial charge in [-0.1, -0.05) is 24.5 Å². The highest BCUT2D eigenvalue weighted by molar-refractivity contribution is 8.44. The van der Waals surface area contributed by atoms with Crippen LogP contribution in [0.5, 0.6) is 0 Å². The Morgan fingerprint density at radius 1 is 0.900 bits per heavy atom. The monoisotopic (exact) mass is 773 g/mol. The number of aryl methyl sites for hydroxylation is 1. The topological polar surface area (TPSA) is 249 Å². The third kappa shape index (κ3) is 6.33. The van der Waals surface area contributed by atoms with E-state index in [4.69, 9.17) is 27.6 Å². The second kappa shape index (κ2) is 13.5. The van der Waals surface area contributed by atoms with Gasteiger partial charge >= 0.3 is 13.6 Å². The van der Waals surface area contributed by atoms with Crippen LogP contribution in [0, 0.1) is 0 Å². The number of imidazole rings is 1. The highest BCUT2D eigenvalue weighted by Crippen LogP contribution is 2.60. The van der Waals surface area contributed by atoms with E-state index in [-0.39, 0.29) is 18.8 Å². The fourth-order valence-corrected chi connectivity index (χ4v) is 9.57. The Kier molecular flexibility index (Phi) is 9.37. The van der Waals surface area contributed by atoms with Crippen molar-refractivity contribution in [3.8, 4) is 0 Å². The molecule has 0 radical (unpaired) electrons. The van der Waals surface area contributed by atoms with Gasteiger partial charge in [0.2, 0.25) is 0 Å². The van der Waals surface area contributed by atoms with Crippen LogP contribution < -0.4 is 10.6 Å². The number of anilines is 2. The molecule has 4 aliphatic heterocycles. The summed E-state index contributed by atoms with van der Waals surface area (Å²) in [4.78, 5) is 21.6. The molecule has 4 aromatic rings. The van der Waals surface area contributed by atoms with Gasteiger partial charge in [-0.25, -0.2) is 34.0 Å². The van der Waals surface area contributed by atoms with E-state index in [1.54, 1.807) is 4.57 Å². The van der Waals surface area contributed by atoms with Crippen molar-refractivity contribution in [1.29, 1.82) is 0 Å². The Morgan fingerprint density at radius 3 is 2.42 bits per heavy atom. The van der Waals surface area contributed by atoms with Gasteiger partial charge in [-0.15, -0.1) is 0 Å². The molecule has 8 rings (SSSR count). The maximum atomic E-state index is 13.8. The van der Waals surface area contributed by atoms with E-state index in [0.29, 0.717) is 22.8 Å². The van der Waals surface area contributed by atoms with Crippen molar-refractivity contribution < 1.29 is 52.0 Å². The summed E-state index contributed by atoms with van der Waals surface area (Å²) in [5.41, 5.74) is 2.02. The summed E-state index contributed by atoms with van der Waals surface area (Å²) in [6, 6.07) is 0. The quantitative estimate of drug-likeness (QED) is 0.112. The van der Waals surface area contributed by atoms with E-state index in [1.807, 2.05) is 6.20 Å². The first-order chi connectivity index (χ1) is 24.0. The lowest BCUT2D eigenvalue weighted by atomic mass is 10.1. The molecule has 8 heterocycles. The zero-order chi connectivity index (χ0) is 34.8. The number of nitrogens with zero attached hydrogens (tertiary/aromatic N) is 7. The van der Waals surface area contributed by atoms with Crippen molar-refractivity contribution in [1.82, 2.24) is 34.1 Å². The summed E-state index contributed by atoms with van der Waals surface area (Å²) in [6.07, 6.45) is -2.99. The number of aromatic nitrogens is 7. The minimum atomic E-state index is -4.33. The number of hydrogen-bond acceptors (Lipinski definition) is 18. The van der Waals surface area contributed by atoms with Crippen molar-refractivity contribution in [3.63, 3.8) is 0 Å². The van der Waals surface area contributed by atoms with Crippen LogP contribution in [0.2, 0.25) is 0 Å². The summed E-state index contributed by atoms with van der Waals surface area (Å²) in [5.74, 6) is 0.991. The Labute approximate surface area is 293 Å². The maximum absolute atomic E-state index is 13.8. The first kappa shape index (κ1) is 34.6. The molecule has 2 unspecified atom stereocenters. The standard InChI is InChI=1S/C26H33N9O11P2S2/c36-5-4-28-22-16-24(32-10-30-22)35(11-33-16)26-20-17(37)13(43-26)7-41-47(39,49)45-19-14(8-42-48(40,50)46-20)44-25(18(19)38)34-6-12-2-1-3-27-21-15(12)23(34)31-9-29-21/h6,9-11,13-14,17-20,25-26,36-38H,1-5,7-8H2,(H,39,49)(H,40,50)(H,27,29,31)(H,28,30,32)/t13-,14-,17-,18-,19-,20-,25-,26-,47?,48?/m1/s1. The lowest BCUT2D eigenvalue weighted by Gasteiger charge is -2.26. The maximum Gasteiger partial charge on any atom is 0.386 e. The largest absolute Gasteiger partial charge is 0.395 e. The lowest BCUT2D eigenvalue weighted by Crippen LogP contribution is -2.35. The molecular weight excluding hydrogens is 740 g/mol. The molecule has 3 fully saturated rings. The summed E-state index contributed by atoms with van der Waals surface area (Å²) < 4.78 is 65.7. The Morgan fingerprint density at radius 2 is 1.62 bits per heavy atom. The minimum Gasteiger partial charge on any atom is -0.395 e. The Bertz CT molecular complexity index is 2010. The second-order valence-electron chi connectivity index (χ2n) is 12.0. The number of ether oxygens (including phenoxy) is 2. The Balaban J connectivity index is 1.09. The average molecular weight is 774 g/mol. The number of hydrogen-bond donors (Lipinski definition) is 7. The third-order valence-corrected chi connectivity index (χ3v) is 12.1. The van der Waals surface area contributed by atoms with Crippen LogP contribution in [0.25, 0.3) is 22.2 Å². The normalized spacial score (nSPS) is 36.3. The number of nitrogens with one attached hydrogen (secondary N) is 2. The van der Waals surface area contributed by atoms with Gasteiger partial charge in [-0.3, -0.25) is 22.7 Å². The molecule has 3 saturated heterocycles. The fraction of sp³-hybridized carbons (Fsp3) is 0.577. The smallest absolute Gasteiger partial charge is 0.386 e. The SMILES string of the molecule is O=P1(S)OC[C@H]2O[C@@H](n3cc4c5c(ncnc53)NCCC4)[C@H](O)[C@@H]2OP(=O)(S)OC[C@H]2O[C@@H](n3cnc4c(NCCO)ncnc43)[C@H](O1)[C@@H]2O. The van der Waals surface area contributed by atoms with Crippen LogP contribution in [0.15, 0.2) is 25.2 Å². The number of thiol groups is 2. The van der Waals surface area contributed by atoms with Gasteiger partial charge in [0.25, 0.3) is 0 Å². The molecule has 0 amide bonds. The molecule has 5 N–H and O–H groups in total. The van der Waals surface area contributed by atoms with Gasteiger partial charge in [-0.2, -0.15) is 0 Å². The van der Waals surface area contributed by atoms with E-state index < -0.39 is 75.9 Å².